The first kappa shape index (κ1) is 24.4. The van der Waals surface area contributed by atoms with Gasteiger partial charge in [-0.25, -0.2) is 15.2 Å². The quantitative estimate of drug-likeness (QED) is 0.347. The molecular formula is C23H19ClN4O6. The molecule has 3 rings (SSSR count). The molecule has 174 valence electrons. The Balaban J connectivity index is 1.62. The molecule has 0 saturated carbocycles. The second-order valence-electron chi connectivity index (χ2n) is 6.93. The molecule has 3 aromatic rings. The molecule has 11 heteroatoms. The second-order valence-corrected chi connectivity index (χ2v) is 7.34. The number of aromatic nitrogens is 1. The predicted molar refractivity (Wildman–Crippen MR) is 122 cm³/mol. The highest BCUT2D eigenvalue weighted by Crippen LogP contribution is 2.30. The van der Waals surface area contributed by atoms with E-state index in [2.05, 4.69) is 15.5 Å². The monoisotopic (exact) mass is 482 g/mol. The van der Waals surface area contributed by atoms with E-state index in [0.29, 0.717) is 33.4 Å². The first-order valence-corrected chi connectivity index (χ1v) is 10.2. The van der Waals surface area contributed by atoms with E-state index >= 15 is 0 Å². The number of carbonyl (C=O) groups is 2. The average Bonchev–Trinajstić information content (AvgIpc) is 3.26. The third-order valence-electron chi connectivity index (χ3n) is 4.43. The van der Waals surface area contributed by atoms with Crippen molar-refractivity contribution in [2.75, 3.05) is 13.7 Å². The van der Waals surface area contributed by atoms with Crippen molar-refractivity contribution in [2.45, 2.75) is 13.5 Å². The van der Waals surface area contributed by atoms with Gasteiger partial charge >= 0.3 is 5.97 Å². The van der Waals surface area contributed by atoms with Crippen LogP contribution in [0.1, 0.15) is 32.9 Å². The van der Waals surface area contributed by atoms with Crippen LogP contribution in [0, 0.1) is 18.3 Å². The molecule has 10 nitrogen and oxygen atoms in total. The lowest BCUT2D eigenvalue weighted by atomic mass is 10.1. The maximum absolute atomic E-state index is 12.1. The first-order chi connectivity index (χ1) is 16.3. The number of aryl methyl sites for hydroxylation is 1. The number of nitriles is 1. The minimum Gasteiger partial charge on any atom is -0.478 e. The highest BCUT2D eigenvalue weighted by atomic mass is 35.5. The molecule has 0 radical (unpaired) electrons. The van der Waals surface area contributed by atoms with E-state index in [1.165, 1.54) is 31.5 Å². The van der Waals surface area contributed by atoms with Crippen LogP contribution < -0.4 is 10.2 Å². The molecule has 0 bridgehead atoms. The Bertz CT molecular complexity index is 1300. The molecule has 2 heterocycles. The van der Waals surface area contributed by atoms with Crippen LogP contribution in [-0.2, 0) is 16.1 Å². The zero-order chi connectivity index (χ0) is 24.7. The molecule has 2 aromatic heterocycles. The number of nitrogens with zero attached hydrogens (tertiary/aromatic N) is 3. The van der Waals surface area contributed by atoms with Crippen LogP contribution in [0.4, 0.5) is 0 Å². The summed E-state index contributed by atoms with van der Waals surface area (Å²) in [5.41, 5.74) is 4.17. The lowest BCUT2D eigenvalue weighted by Gasteiger charge is -2.10. The number of hydrogen-bond donors (Lipinski definition) is 2. The van der Waals surface area contributed by atoms with Crippen LogP contribution in [0.5, 0.6) is 5.88 Å². The van der Waals surface area contributed by atoms with Crippen molar-refractivity contribution in [1.82, 2.24) is 10.4 Å². The Hall–Kier alpha value is -4.20. The molecule has 2 N–H and O–H groups in total. The van der Waals surface area contributed by atoms with E-state index in [1.807, 2.05) is 6.07 Å². The van der Waals surface area contributed by atoms with Crippen LogP contribution in [0.25, 0.3) is 11.3 Å². The number of benzene rings is 1. The maximum atomic E-state index is 12.1. The Morgan fingerprint density at radius 2 is 2.12 bits per heavy atom. The lowest BCUT2D eigenvalue weighted by molar-refractivity contribution is -0.123. The van der Waals surface area contributed by atoms with E-state index in [1.54, 1.807) is 25.1 Å². The fourth-order valence-electron chi connectivity index (χ4n) is 2.95. The number of amides is 1. The third-order valence-corrected chi connectivity index (χ3v) is 4.76. The van der Waals surface area contributed by atoms with Gasteiger partial charge in [0.15, 0.2) is 6.61 Å². The standard InChI is InChI=1S/C23H19ClN4O6/c1-13-7-15(11-32-2)18(9-25)22(27-13)33-12-21(29)28-26-10-16-4-6-20(34-16)17-8-14(23(30)31)3-5-19(17)24/h3-8,10H,11-12H2,1-2H3,(H,28,29)(H,30,31)/b26-10-. The Kier molecular flexibility index (Phi) is 7.97. The minimum atomic E-state index is -1.09. The van der Waals surface area contributed by atoms with Crippen molar-refractivity contribution in [1.29, 1.82) is 5.26 Å². The van der Waals surface area contributed by atoms with Crippen molar-refractivity contribution in [3.8, 4) is 23.3 Å². The number of rotatable bonds is 9. The molecule has 34 heavy (non-hydrogen) atoms. The van der Waals surface area contributed by atoms with Crippen molar-refractivity contribution in [3.63, 3.8) is 0 Å². The predicted octanol–water partition coefficient (Wildman–Crippen LogP) is 3.55. The molecule has 0 atom stereocenters. The van der Waals surface area contributed by atoms with Gasteiger partial charge in [-0.3, -0.25) is 4.79 Å². The number of halogens is 1. The third kappa shape index (κ3) is 5.98. The molecule has 0 saturated heterocycles. The van der Waals surface area contributed by atoms with Gasteiger partial charge in [-0.2, -0.15) is 10.4 Å². The number of hydrogen-bond acceptors (Lipinski definition) is 8. The molecular weight excluding hydrogens is 464 g/mol. The average molecular weight is 483 g/mol. The largest absolute Gasteiger partial charge is 0.478 e. The molecule has 0 aliphatic heterocycles. The molecule has 1 aromatic carbocycles. The van der Waals surface area contributed by atoms with Gasteiger partial charge < -0.3 is 19.0 Å². The van der Waals surface area contributed by atoms with Gasteiger partial charge in [0.1, 0.15) is 23.2 Å². The summed E-state index contributed by atoms with van der Waals surface area (Å²) >= 11 is 6.14. The Labute approximate surface area is 199 Å². The maximum Gasteiger partial charge on any atom is 0.335 e. The second kappa shape index (κ2) is 11.1. The number of pyridine rings is 1. The summed E-state index contributed by atoms with van der Waals surface area (Å²) in [5.74, 6) is -1.01. The summed E-state index contributed by atoms with van der Waals surface area (Å²) in [7, 11) is 1.51. The number of carboxylic acid groups (broad SMARTS) is 1. The van der Waals surface area contributed by atoms with E-state index in [-0.39, 0.29) is 23.6 Å². The summed E-state index contributed by atoms with van der Waals surface area (Å²) in [4.78, 5) is 27.4. The number of carboxylic acids is 1. The van der Waals surface area contributed by atoms with Gasteiger partial charge in [-0.05, 0) is 43.3 Å². The van der Waals surface area contributed by atoms with Gasteiger partial charge in [-0.1, -0.05) is 11.6 Å². The van der Waals surface area contributed by atoms with Gasteiger partial charge in [-0.15, -0.1) is 0 Å². The van der Waals surface area contributed by atoms with E-state index in [9.17, 15) is 14.9 Å². The van der Waals surface area contributed by atoms with Crippen molar-refractivity contribution < 1.29 is 28.6 Å². The van der Waals surface area contributed by atoms with Gasteiger partial charge in [0.2, 0.25) is 5.88 Å². The van der Waals surface area contributed by atoms with Gasteiger partial charge in [0, 0.05) is 23.9 Å². The summed E-state index contributed by atoms with van der Waals surface area (Å²) < 4.78 is 16.1. The summed E-state index contributed by atoms with van der Waals surface area (Å²) in [5, 5.41) is 22.7. The number of furan rings is 1. The normalized spacial score (nSPS) is 10.8. The van der Waals surface area contributed by atoms with Gasteiger partial charge in [0.05, 0.1) is 23.4 Å². The summed E-state index contributed by atoms with van der Waals surface area (Å²) in [6.07, 6.45) is 1.26. The Morgan fingerprint density at radius 3 is 2.82 bits per heavy atom. The van der Waals surface area contributed by atoms with Crippen LogP contribution in [0.3, 0.4) is 0 Å². The topological polar surface area (TPSA) is 147 Å². The number of nitrogens with one attached hydrogen (secondary N) is 1. The SMILES string of the molecule is COCc1cc(C)nc(OCC(=O)N/N=C\c2ccc(-c3cc(C(=O)O)ccc3Cl)o2)c1C#N. The van der Waals surface area contributed by atoms with Crippen LogP contribution in [0.15, 0.2) is 45.9 Å². The van der Waals surface area contributed by atoms with Gasteiger partial charge in [0.25, 0.3) is 5.91 Å². The Morgan fingerprint density at radius 1 is 1.32 bits per heavy atom. The molecule has 0 spiro atoms. The summed E-state index contributed by atoms with van der Waals surface area (Å²) in [6, 6.07) is 11.2. The van der Waals surface area contributed by atoms with E-state index < -0.39 is 18.5 Å². The van der Waals surface area contributed by atoms with Crippen molar-refractivity contribution >= 4 is 29.7 Å². The van der Waals surface area contributed by atoms with E-state index in [0.717, 1.165) is 0 Å². The van der Waals surface area contributed by atoms with Crippen molar-refractivity contribution in [3.05, 3.63) is 69.6 Å². The molecule has 1 amide bonds. The summed E-state index contributed by atoms with van der Waals surface area (Å²) in [6.45, 7) is 1.52. The minimum absolute atomic E-state index is 0.0322. The lowest BCUT2D eigenvalue weighted by Crippen LogP contribution is -2.25. The van der Waals surface area contributed by atoms with Crippen LogP contribution in [-0.4, -0.2) is 41.9 Å². The molecule has 0 aliphatic carbocycles. The zero-order valence-electron chi connectivity index (χ0n) is 18.2. The highest BCUT2D eigenvalue weighted by Gasteiger charge is 2.15. The fourth-order valence-corrected chi connectivity index (χ4v) is 3.16. The fraction of sp³-hybridized carbons (Fsp3) is 0.174. The number of methoxy groups -OCH3 is 1. The van der Waals surface area contributed by atoms with E-state index in [4.69, 9.17) is 30.6 Å². The molecule has 0 fully saturated rings. The van der Waals surface area contributed by atoms with Crippen LogP contribution >= 0.6 is 11.6 Å². The van der Waals surface area contributed by atoms with Crippen LogP contribution in [0.2, 0.25) is 5.02 Å². The van der Waals surface area contributed by atoms with Crippen molar-refractivity contribution in [2.24, 2.45) is 5.10 Å². The number of carbonyl (C=O) groups excluding carboxylic acids is 1. The number of ether oxygens (including phenoxy) is 2. The smallest absolute Gasteiger partial charge is 0.335 e. The first-order valence-electron chi connectivity index (χ1n) is 9.79. The zero-order valence-corrected chi connectivity index (χ0v) is 18.9. The number of aromatic carboxylic acids is 1. The molecule has 0 aliphatic rings. The number of hydrazone groups is 1. The molecule has 0 unspecified atom stereocenters. The highest BCUT2D eigenvalue weighted by molar-refractivity contribution is 6.33.